The van der Waals surface area contributed by atoms with Crippen LogP contribution >= 0.6 is 23.5 Å². The second kappa shape index (κ2) is 15.2. The SMILES string of the molecule is CC(C)c1c(-c2cccc(C(F)(F)F)c2)c(N2c3ccccc3Sc3ccccc32)c(-c2cccc(C(F)(F)F)c2)c(C(C)C)c1N1c2ccccc2Sc2ccccc21. The molecule has 0 aromatic heterocycles. The lowest BCUT2D eigenvalue weighted by Crippen LogP contribution is -2.23. The average Bonchev–Trinajstić information content (AvgIpc) is 3.23. The number of fused-ring (bicyclic) bond motifs is 4. The zero-order valence-corrected chi connectivity index (χ0v) is 34.6. The van der Waals surface area contributed by atoms with Crippen molar-refractivity contribution in [1.29, 1.82) is 0 Å². The molecule has 60 heavy (non-hydrogen) atoms. The number of rotatable bonds is 6. The van der Waals surface area contributed by atoms with Crippen LogP contribution in [0, 0.1) is 0 Å². The molecule has 10 heteroatoms. The van der Waals surface area contributed by atoms with Crippen molar-refractivity contribution in [3.8, 4) is 22.3 Å². The first-order valence-corrected chi connectivity index (χ1v) is 21.3. The minimum Gasteiger partial charge on any atom is -0.308 e. The Morgan fingerprint density at radius 2 is 0.717 bits per heavy atom. The van der Waals surface area contributed by atoms with Crippen LogP contribution in [0.3, 0.4) is 0 Å². The van der Waals surface area contributed by atoms with Crippen LogP contribution in [0.4, 0.5) is 60.5 Å². The molecular weight excluding hydrogens is 807 g/mol. The van der Waals surface area contributed by atoms with Gasteiger partial charge in [0, 0.05) is 30.7 Å². The molecule has 0 fully saturated rings. The number of anilines is 6. The van der Waals surface area contributed by atoms with E-state index in [1.807, 2.05) is 125 Å². The number of benzene rings is 7. The van der Waals surface area contributed by atoms with Crippen LogP contribution in [0.1, 0.15) is 61.8 Å². The number of alkyl halides is 6. The average molecular weight is 845 g/mol. The molecule has 0 amide bonds. The minimum absolute atomic E-state index is 0.296. The van der Waals surface area contributed by atoms with Gasteiger partial charge < -0.3 is 9.80 Å². The molecule has 0 spiro atoms. The Hall–Kier alpha value is -5.58. The fourth-order valence-electron chi connectivity index (χ4n) is 8.53. The van der Waals surface area contributed by atoms with Crippen molar-refractivity contribution in [1.82, 2.24) is 0 Å². The highest BCUT2D eigenvalue weighted by Crippen LogP contribution is 2.63. The van der Waals surface area contributed by atoms with Gasteiger partial charge in [0.1, 0.15) is 0 Å². The Morgan fingerprint density at radius 3 is 1.03 bits per heavy atom. The lowest BCUT2D eigenvalue weighted by molar-refractivity contribution is -0.138. The van der Waals surface area contributed by atoms with Gasteiger partial charge >= 0.3 is 12.4 Å². The molecule has 7 aromatic carbocycles. The topological polar surface area (TPSA) is 6.48 Å². The molecule has 2 aliphatic heterocycles. The standard InChI is InChI=1S/C50H38F6N2S2/c1-29(2)43-45(31-15-13-17-33(27-31)49(51,52)53)48(58-37-21-7-11-25-41(37)60-42-26-12-8-22-38(42)58)46(32-16-14-18-34(28-32)50(54,55)56)44(30(3)4)47(43)57-35-19-5-9-23-39(35)59-40-24-10-6-20-36(40)57/h5-30H,1-4H3. The molecule has 0 unspecified atom stereocenters. The van der Waals surface area contributed by atoms with Gasteiger partial charge in [-0.15, -0.1) is 0 Å². The van der Waals surface area contributed by atoms with Crippen LogP contribution in [-0.2, 0) is 12.4 Å². The summed E-state index contributed by atoms with van der Waals surface area (Å²) in [6, 6.07) is 42.3. The Morgan fingerprint density at radius 1 is 0.400 bits per heavy atom. The fourth-order valence-corrected chi connectivity index (χ4v) is 10.6. The Balaban J connectivity index is 1.57. The number of nitrogens with zero attached hydrogens (tertiary/aromatic N) is 2. The Bertz CT molecular complexity index is 2610. The highest BCUT2D eigenvalue weighted by Gasteiger charge is 2.40. The fraction of sp³-hybridized carbons (Fsp3) is 0.160. The van der Waals surface area contributed by atoms with E-state index in [-0.39, 0.29) is 11.8 Å². The molecule has 0 bridgehead atoms. The first kappa shape index (κ1) is 39.9. The van der Waals surface area contributed by atoms with Gasteiger partial charge in [0.2, 0.25) is 0 Å². The highest BCUT2D eigenvalue weighted by molar-refractivity contribution is 8.00. The molecule has 7 aromatic rings. The Kier molecular flexibility index (Phi) is 10.1. The van der Waals surface area contributed by atoms with Crippen molar-refractivity contribution < 1.29 is 26.3 Å². The van der Waals surface area contributed by atoms with Crippen molar-refractivity contribution >= 4 is 57.6 Å². The summed E-state index contributed by atoms with van der Waals surface area (Å²) in [4.78, 5) is 8.01. The van der Waals surface area contributed by atoms with E-state index in [0.29, 0.717) is 27.9 Å². The number of hydrogen-bond acceptors (Lipinski definition) is 4. The van der Waals surface area contributed by atoms with Gasteiger partial charge in [0.05, 0.1) is 45.3 Å². The van der Waals surface area contributed by atoms with Gasteiger partial charge in [-0.25, -0.2) is 0 Å². The molecule has 0 N–H and O–H groups in total. The van der Waals surface area contributed by atoms with E-state index >= 15 is 0 Å². The van der Waals surface area contributed by atoms with Gasteiger partial charge in [-0.2, -0.15) is 26.3 Å². The van der Waals surface area contributed by atoms with Gasteiger partial charge in [-0.3, -0.25) is 0 Å². The molecule has 2 aliphatic rings. The van der Waals surface area contributed by atoms with Gasteiger partial charge in [0.15, 0.2) is 0 Å². The summed E-state index contributed by atoms with van der Waals surface area (Å²) >= 11 is 3.21. The molecule has 0 radical (unpaired) electrons. The predicted molar refractivity (Wildman–Crippen MR) is 233 cm³/mol. The van der Waals surface area contributed by atoms with Gasteiger partial charge in [-0.1, -0.05) is 124 Å². The quantitative estimate of drug-likeness (QED) is 0.154. The zero-order valence-electron chi connectivity index (χ0n) is 33.0. The third kappa shape index (κ3) is 6.83. The van der Waals surface area contributed by atoms with Crippen LogP contribution in [-0.4, -0.2) is 0 Å². The molecule has 2 heterocycles. The highest BCUT2D eigenvalue weighted by atomic mass is 32.2. The molecule has 0 saturated heterocycles. The summed E-state index contributed by atoms with van der Waals surface area (Å²) in [5, 5.41) is 0. The van der Waals surface area contributed by atoms with Crippen LogP contribution in [0.25, 0.3) is 22.3 Å². The summed E-state index contributed by atoms with van der Waals surface area (Å²) in [7, 11) is 0. The maximum atomic E-state index is 14.8. The van der Waals surface area contributed by atoms with Crippen molar-refractivity contribution in [2.75, 3.05) is 9.80 Å². The van der Waals surface area contributed by atoms with Crippen LogP contribution in [0.2, 0.25) is 0 Å². The molecule has 2 nitrogen and oxygen atoms in total. The van der Waals surface area contributed by atoms with E-state index in [2.05, 4.69) is 9.80 Å². The molecular formula is C50H38F6N2S2. The van der Waals surface area contributed by atoms with E-state index in [0.717, 1.165) is 71.3 Å². The van der Waals surface area contributed by atoms with Crippen molar-refractivity contribution in [3.63, 3.8) is 0 Å². The minimum atomic E-state index is -4.67. The molecule has 0 aliphatic carbocycles. The summed E-state index contributed by atoms with van der Waals surface area (Å²) in [6.45, 7) is 8.16. The van der Waals surface area contributed by atoms with Gasteiger partial charge in [0.25, 0.3) is 0 Å². The maximum absolute atomic E-state index is 14.8. The monoisotopic (exact) mass is 844 g/mol. The summed E-state index contributed by atoms with van der Waals surface area (Å²) in [6.07, 6.45) is -9.33. The second-order valence-corrected chi connectivity index (χ2v) is 17.7. The third-order valence-corrected chi connectivity index (χ3v) is 13.2. The molecule has 9 rings (SSSR count). The third-order valence-electron chi connectivity index (χ3n) is 10.9. The van der Waals surface area contributed by atoms with Crippen molar-refractivity contribution in [2.45, 2.75) is 71.5 Å². The zero-order chi connectivity index (χ0) is 42.1. The van der Waals surface area contributed by atoms with Crippen LogP contribution in [0.5, 0.6) is 0 Å². The second-order valence-electron chi connectivity index (χ2n) is 15.5. The number of halogens is 6. The van der Waals surface area contributed by atoms with E-state index in [1.54, 1.807) is 35.7 Å². The van der Waals surface area contributed by atoms with Gasteiger partial charge in [-0.05, 0) is 107 Å². The van der Waals surface area contributed by atoms with Crippen molar-refractivity contribution in [3.05, 3.63) is 168 Å². The van der Waals surface area contributed by atoms with E-state index in [1.165, 1.54) is 24.3 Å². The smallest absolute Gasteiger partial charge is 0.308 e. The Labute approximate surface area is 353 Å². The summed E-state index contributed by atoms with van der Waals surface area (Å²) < 4.78 is 89.0. The lowest BCUT2D eigenvalue weighted by Gasteiger charge is -2.42. The number of hydrogen-bond donors (Lipinski definition) is 0. The summed E-state index contributed by atoms with van der Waals surface area (Å²) in [5.74, 6) is -0.593. The molecule has 0 atom stereocenters. The van der Waals surface area contributed by atoms with Crippen LogP contribution in [0.15, 0.2) is 165 Å². The lowest BCUT2D eigenvalue weighted by atomic mass is 9.78. The van der Waals surface area contributed by atoms with Crippen molar-refractivity contribution in [2.24, 2.45) is 0 Å². The van der Waals surface area contributed by atoms with E-state index < -0.39 is 23.5 Å². The van der Waals surface area contributed by atoms with E-state index in [4.69, 9.17) is 0 Å². The largest absolute Gasteiger partial charge is 0.416 e. The normalized spacial score (nSPS) is 13.6. The first-order chi connectivity index (χ1) is 28.7. The maximum Gasteiger partial charge on any atom is 0.416 e. The summed E-state index contributed by atoms with van der Waals surface area (Å²) in [5.41, 5.74) is 6.03. The first-order valence-electron chi connectivity index (χ1n) is 19.6. The predicted octanol–water partition coefficient (Wildman–Crippen LogP) is 17.2. The van der Waals surface area contributed by atoms with E-state index in [9.17, 15) is 26.3 Å². The van der Waals surface area contributed by atoms with Crippen LogP contribution < -0.4 is 9.80 Å². The molecule has 0 saturated carbocycles. The molecule has 302 valence electrons. The number of para-hydroxylation sites is 4.